The predicted molar refractivity (Wildman–Crippen MR) is 214 cm³/mol. The third-order valence-electron chi connectivity index (χ3n) is 8.27. The minimum absolute atomic E-state index is 0.103. The van der Waals surface area contributed by atoms with Crippen LogP contribution in [-0.4, -0.2) is 37.2 Å². The number of carbonyl (C=O) groups is 3. The van der Waals surface area contributed by atoms with Gasteiger partial charge in [0.15, 0.2) is 6.10 Å². The quantitative estimate of drug-likeness (QED) is 0.0214. The molecular formula is C45H74O6. The molecule has 0 aliphatic carbocycles. The van der Waals surface area contributed by atoms with Crippen LogP contribution in [0, 0.1) is 0 Å². The van der Waals surface area contributed by atoms with E-state index < -0.39 is 6.10 Å². The molecule has 1 unspecified atom stereocenters. The zero-order valence-electron chi connectivity index (χ0n) is 32.8. The first-order valence-corrected chi connectivity index (χ1v) is 20.5. The predicted octanol–water partition coefficient (Wildman–Crippen LogP) is 12.7. The van der Waals surface area contributed by atoms with Gasteiger partial charge < -0.3 is 14.2 Å². The second-order valence-corrected chi connectivity index (χ2v) is 13.2. The van der Waals surface area contributed by atoms with Gasteiger partial charge in [0.2, 0.25) is 0 Å². The number of hydrogen-bond acceptors (Lipinski definition) is 6. The highest BCUT2D eigenvalue weighted by Crippen LogP contribution is 2.12. The first kappa shape index (κ1) is 47.8. The SMILES string of the molecule is CC\C=C/C=C\C=C/CCCCCCCC(=O)OCC(COC(=O)CCCCCCCCCCC)OC(=O)CCC/C=C\C/C=C\C/C=C\CC. The van der Waals surface area contributed by atoms with Crippen LogP contribution >= 0.6 is 0 Å². The lowest BCUT2D eigenvalue weighted by Crippen LogP contribution is -2.30. The van der Waals surface area contributed by atoms with E-state index in [2.05, 4.69) is 87.6 Å². The zero-order chi connectivity index (χ0) is 37.3. The summed E-state index contributed by atoms with van der Waals surface area (Å²) < 4.78 is 16.5. The Hall–Kier alpha value is -3.15. The van der Waals surface area contributed by atoms with Gasteiger partial charge in [-0.05, 0) is 64.2 Å². The van der Waals surface area contributed by atoms with E-state index in [1.165, 1.54) is 38.5 Å². The fourth-order valence-electron chi connectivity index (χ4n) is 5.23. The number of unbranched alkanes of at least 4 members (excludes halogenated alkanes) is 14. The minimum atomic E-state index is -0.804. The van der Waals surface area contributed by atoms with Gasteiger partial charge in [-0.25, -0.2) is 0 Å². The van der Waals surface area contributed by atoms with E-state index in [0.717, 1.165) is 89.9 Å². The first-order valence-electron chi connectivity index (χ1n) is 20.5. The Bertz CT molecular complexity index is 1000. The van der Waals surface area contributed by atoms with Crippen molar-refractivity contribution in [3.63, 3.8) is 0 Å². The summed E-state index contributed by atoms with van der Waals surface area (Å²) in [6.45, 7) is 6.26. The largest absolute Gasteiger partial charge is 0.462 e. The van der Waals surface area contributed by atoms with Gasteiger partial charge in [-0.1, -0.05) is 164 Å². The summed E-state index contributed by atoms with van der Waals surface area (Å²) in [5.74, 6) is -0.993. The molecule has 0 saturated carbocycles. The monoisotopic (exact) mass is 711 g/mol. The Morgan fingerprint density at radius 3 is 1.45 bits per heavy atom. The summed E-state index contributed by atoms with van der Waals surface area (Å²) in [6, 6.07) is 0. The fourth-order valence-corrected chi connectivity index (χ4v) is 5.23. The van der Waals surface area contributed by atoms with E-state index in [-0.39, 0.29) is 37.5 Å². The second kappa shape index (κ2) is 39.6. The zero-order valence-corrected chi connectivity index (χ0v) is 32.8. The molecule has 0 radical (unpaired) electrons. The number of rotatable bonds is 35. The van der Waals surface area contributed by atoms with Gasteiger partial charge in [-0.2, -0.15) is 0 Å². The van der Waals surface area contributed by atoms with E-state index in [4.69, 9.17) is 14.2 Å². The van der Waals surface area contributed by atoms with Gasteiger partial charge >= 0.3 is 17.9 Å². The average Bonchev–Trinajstić information content (AvgIpc) is 3.12. The molecule has 0 N–H and O–H groups in total. The fraction of sp³-hybridized carbons (Fsp3) is 0.667. The molecule has 6 nitrogen and oxygen atoms in total. The van der Waals surface area contributed by atoms with Gasteiger partial charge in [-0.3, -0.25) is 14.4 Å². The summed E-state index contributed by atoms with van der Waals surface area (Å²) >= 11 is 0. The van der Waals surface area contributed by atoms with Crippen molar-refractivity contribution >= 4 is 17.9 Å². The van der Waals surface area contributed by atoms with E-state index >= 15 is 0 Å². The Morgan fingerprint density at radius 1 is 0.431 bits per heavy atom. The first-order chi connectivity index (χ1) is 25.0. The smallest absolute Gasteiger partial charge is 0.306 e. The lowest BCUT2D eigenvalue weighted by atomic mass is 10.1. The van der Waals surface area contributed by atoms with Gasteiger partial charge in [-0.15, -0.1) is 0 Å². The van der Waals surface area contributed by atoms with Crippen molar-refractivity contribution in [3.05, 3.63) is 72.9 Å². The molecule has 0 aromatic rings. The van der Waals surface area contributed by atoms with Gasteiger partial charge in [0.05, 0.1) is 0 Å². The molecule has 1 atom stereocenters. The van der Waals surface area contributed by atoms with Crippen LogP contribution in [-0.2, 0) is 28.6 Å². The molecule has 0 aliphatic rings. The molecule has 0 amide bonds. The average molecular weight is 711 g/mol. The molecule has 51 heavy (non-hydrogen) atoms. The van der Waals surface area contributed by atoms with Crippen molar-refractivity contribution in [2.45, 2.75) is 181 Å². The molecule has 0 heterocycles. The van der Waals surface area contributed by atoms with Crippen LogP contribution in [0.2, 0.25) is 0 Å². The third-order valence-corrected chi connectivity index (χ3v) is 8.27. The number of carbonyl (C=O) groups excluding carboxylic acids is 3. The Balaban J connectivity index is 4.49. The number of hydrogen-bond donors (Lipinski definition) is 0. The maximum absolute atomic E-state index is 12.6. The second-order valence-electron chi connectivity index (χ2n) is 13.2. The van der Waals surface area contributed by atoms with E-state index in [0.29, 0.717) is 19.3 Å². The Labute approximate surface area is 312 Å². The summed E-state index contributed by atoms with van der Waals surface area (Å²) in [5.41, 5.74) is 0. The molecular weight excluding hydrogens is 636 g/mol. The van der Waals surface area contributed by atoms with Crippen LogP contribution < -0.4 is 0 Å². The van der Waals surface area contributed by atoms with Gasteiger partial charge in [0.25, 0.3) is 0 Å². The molecule has 6 heteroatoms. The van der Waals surface area contributed by atoms with Gasteiger partial charge in [0.1, 0.15) is 13.2 Å². The number of esters is 3. The third kappa shape index (κ3) is 37.9. The van der Waals surface area contributed by atoms with Crippen LogP contribution in [0.4, 0.5) is 0 Å². The minimum Gasteiger partial charge on any atom is -0.462 e. The lowest BCUT2D eigenvalue weighted by molar-refractivity contribution is -0.167. The molecule has 0 rings (SSSR count). The maximum atomic E-state index is 12.6. The molecule has 0 bridgehead atoms. The van der Waals surface area contributed by atoms with Crippen molar-refractivity contribution < 1.29 is 28.6 Å². The summed E-state index contributed by atoms with van der Waals surface area (Å²) in [6.07, 6.45) is 47.5. The van der Waals surface area contributed by atoms with Crippen LogP contribution in [0.1, 0.15) is 175 Å². The van der Waals surface area contributed by atoms with Crippen LogP contribution in [0.5, 0.6) is 0 Å². The molecule has 0 saturated heterocycles. The molecule has 0 aliphatic heterocycles. The van der Waals surface area contributed by atoms with E-state index in [1.54, 1.807) is 0 Å². The normalized spacial score (nSPS) is 12.8. The highest BCUT2D eigenvalue weighted by atomic mass is 16.6. The number of ether oxygens (including phenoxy) is 3. The van der Waals surface area contributed by atoms with Crippen LogP contribution in [0.3, 0.4) is 0 Å². The van der Waals surface area contributed by atoms with Crippen molar-refractivity contribution in [2.24, 2.45) is 0 Å². The molecule has 0 fully saturated rings. The van der Waals surface area contributed by atoms with Crippen molar-refractivity contribution in [1.82, 2.24) is 0 Å². The van der Waals surface area contributed by atoms with Crippen molar-refractivity contribution in [2.75, 3.05) is 13.2 Å². The molecule has 0 aromatic carbocycles. The van der Waals surface area contributed by atoms with Crippen molar-refractivity contribution in [1.29, 1.82) is 0 Å². The topological polar surface area (TPSA) is 78.9 Å². The maximum Gasteiger partial charge on any atom is 0.306 e. The highest BCUT2D eigenvalue weighted by Gasteiger charge is 2.19. The summed E-state index contributed by atoms with van der Waals surface area (Å²) in [4.78, 5) is 37.5. The van der Waals surface area contributed by atoms with E-state index in [9.17, 15) is 14.4 Å². The standard InChI is InChI=1S/C45H74O6/c1-4-7-10-13-16-19-21-22-24-26-29-32-35-38-44(47)50-41-42(40-49-43(46)37-34-31-28-25-18-15-12-9-6-3)51-45(48)39-36-33-30-27-23-20-17-14-11-8-5-2/h7-8,10-11,13,16-17,19-21,27,30,42H,4-6,9,12,14-15,18,22-26,28-29,31-41H2,1-3H3/b10-7-,11-8-,16-13-,20-17-,21-19-,30-27-. The Kier molecular flexibility index (Phi) is 37.2. The summed E-state index contributed by atoms with van der Waals surface area (Å²) in [5, 5.41) is 0. The van der Waals surface area contributed by atoms with Crippen molar-refractivity contribution in [3.8, 4) is 0 Å². The molecule has 290 valence electrons. The summed E-state index contributed by atoms with van der Waals surface area (Å²) in [7, 11) is 0. The Morgan fingerprint density at radius 2 is 0.882 bits per heavy atom. The highest BCUT2D eigenvalue weighted by molar-refractivity contribution is 5.71. The number of allylic oxidation sites excluding steroid dienone is 12. The van der Waals surface area contributed by atoms with E-state index in [1.807, 2.05) is 6.08 Å². The molecule has 0 aromatic heterocycles. The van der Waals surface area contributed by atoms with Crippen LogP contribution in [0.25, 0.3) is 0 Å². The van der Waals surface area contributed by atoms with Gasteiger partial charge in [0, 0.05) is 19.3 Å². The lowest BCUT2D eigenvalue weighted by Gasteiger charge is -2.18. The molecule has 0 spiro atoms. The van der Waals surface area contributed by atoms with Crippen LogP contribution in [0.15, 0.2) is 72.9 Å².